The first-order chi connectivity index (χ1) is 8.74. The monoisotopic (exact) mass is 256 g/mol. The second-order valence-corrected chi connectivity index (χ2v) is 5.19. The van der Waals surface area contributed by atoms with E-state index in [1.807, 2.05) is 60.3 Å². The maximum atomic E-state index is 12.0. The Hall–Kier alpha value is -1.94. The highest BCUT2D eigenvalue weighted by molar-refractivity contribution is 8.04. The van der Waals surface area contributed by atoms with E-state index in [9.17, 15) is 4.79 Å². The number of fused-ring (bicyclic) bond motifs is 1. The molecular weight excluding hydrogens is 244 g/mol. The van der Waals surface area contributed by atoms with Crippen LogP contribution in [0.15, 0.2) is 52.4 Å². The third-order valence-electron chi connectivity index (χ3n) is 2.84. The van der Waals surface area contributed by atoms with Gasteiger partial charge in [0.15, 0.2) is 0 Å². The standard InChI is InChI=1S/C14H12N2OS/c1-16-8-4-5-10(16)9-13-14(17)15-11-6-2-3-7-12(11)18-13/h2-9H,1H3,(H,15,17)/b13-9-. The molecule has 1 aliphatic rings. The largest absolute Gasteiger partial charge is 0.351 e. The number of anilines is 1. The van der Waals surface area contributed by atoms with Gasteiger partial charge in [-0.15, -0.1) is 0 Å². The van der Waals surface area contributed by atoms with E-state index in [4.69, 9.17) is 0 Å². The van der Waals surface area contributed by atoms with Crippen LogP contribution in [0, 0.1) is 0 Å². The molecule has 0 aliphatic carbocycles. The highest BCUT2D eigenvalue weighted by atomic mass is 32.2. The molecule has 1 N–H and O–H groups in total. The van der Waals surface area contributed by atoms with Crippen molar-refractivity contribution in [2.45, 2.75) is 4.90 Å². The zero-order valence-corrected chi connectivity index (χ0v) is 10.7. The summed E-state index contributed by atoms with van der Waals surface area (Å²) >= 11 is 1.51. The summed E-state index contributed by atoms with van der Waals surface area (Å²) in [5.74, 6) is -0.0418. The fourth-order valence-electron chi connectivity index (χ4n) is 1.86. The van der Waals surface area contributed by atoms with E-state index in [1.54, 1.807) is 0 Å². The molecule has 3 rings (SSSR count). The Morgan fingerprint density at radius 2 is 2.06 bits per heavy atom. The number of thioether (sulfide) groups is 1. The lowest BCUT2D eigenvalue weighted by Crippen LogP contribution is -2.17. The maximum Gasteiger partial charge on any atom is 0.262 e. The summed E-state index contributed by atoms with van der Waals surface area (Å²) in [5, 5.41) is 2.90. The number of benzene rings is 1. The SMILES string of the molecule is Cn1cccc1/C=C1\Sc2ccccc2NC1=O. The predicted octanol–water partition coefficient (Wildman–Crippen LogP) is 3.11. The van der Waals surface area contributed by atoms with Crippen LogP contribution < -0.4 is 5.32 Å². The smallest absolute Gasteiger partial charge is 0.262 e. The Balaban J connectivity index is 1.99. The highest BCUT2D eigenvalue weighted by Crippen LogP contribution is 2.38. The lowest BCUT2D eigenvalue weighted by molar-refractivity contribution is -0.112. The molecule has 0 spiro atoms. The van der Waals surface area contributed by atoms with Gasteiger partial charge in [0.1, 0.15) is 0 Å². The van der Waals surface area contributed by atoms with Crippen LogP contribution in [0.1, 0.15) is 5.69 Å². The zero-order valence-electron chi connectivity index (χ0n) is 9.88. The molecule has 3 nitrogen and oxygen atoms in total. The summed E-state index contributed by atoms with van der Waals surface area (Å²) in [4.78, 5) is 13.8. The van der Waals surface area contributed by atoms with Crippen LogP contribution in [0.3, 0.4) is 0 Å². The van der Waals surface area contributed by atoms with Crippen LogP contribution in [0.2, 0.25) is 0 Å². The molecular formula is C14H12N2OS. The average Bonchev–Trinajstić information content (AvgIpc) is 2.76. The molecule has 0 saturated heterocycles. The van der Waals surface area contributed by atoms with Gasteiger partial charge in [0.05, 0.1) is 10.6 Å². The van der Waals surface area contributed by atoms with Gasteiger partial charge in [0.2, 0.25) is 0 Å². The lowest BCUT2D eigenvalue weighted by Gasteiger charge is -2.18. The molecule has 0 atom stereocenters. The first-order valence-corrected chi connectivity index (χ1v) is 6.47. The number of carbonyl (C=O) groups is 1. The van der Waals surface area contributed by atoms with Gasteiger partial charge in [-0.25, -0.2) is 0 Å². The van der Waals surface area contributed by atoms with Crippen LogP contribution in [0.5, 0.6) is 0 Å². The van der Waals surface area contributed by atoms with Crippen LogP contribution in [-0.2, 0) is 11.8 Å². The van der Waals surface area contributed by atoms with Crippen LogP contribution >= 0.6 is 11.8 Å². The molecule has 90 valence electrons. The lowest BCUT2D eigenvalue weighted by atomic mass is 10.3. The molecule has 0 unspecified atom stereocenters. The van der Waals surface area contributed by atoms with Gasteiger partial charge < -0.3 is 9.88 Å². The number of aromatic nitrogens is 1. The van der Waals surface area contributed by atoms with E-state index < -0.39 is 0 Å². The molecule has 0 saturated carbocycles. The maximum absolute atomic E-state index is 12.0. The number of para-hydroxylation sites is 1. The molecule has 1 aromatic heterocycles. The van der Waals surface area contributed by atoms with Crippen molar-refractivity contribution < 1.29 is 4.79 Å². The van der Waals surface area contributed by atoms with E-state index in [2.05, 4.69) is 5.32 Å². The van der Waals surface area contributed by atoms with Gasteiger partial charge in [-0.3, -0.25) is 4.79 Å². The summed E-state index contributed by atoms with van der Waals surface area (Å²) < 4.78 is 1.99. The Kier molecular flexibility index (Phi) is 2.72. The second kappa shape index (κ2) is 4.38. The quantitative estimate of drug-likeness (QED) is 0.795. The Morgan fingerprint density at radius 3 is 2.83 bits per heavy atom. The van der Waals surface area contributed by atoms with Gasteiger partial charge in [0.25, 0.3) is 5.91 Å². The Labute approximate surface area is 110 Å². The van der Waals surface area contributed by atoms with E-state index >= 15 is 0 Å². The van der Waals surface area contributed by atoms with Crippen LogP contribution in [0.25, 0.3) is 6.08 Å². The van der Waals surface area contributed by atoms with Crippen molar-refractivity contribution in [2.75, 3.05) is 5.32 Å². The molecule has 2 heterocycles. The van der Waals surface area contributed by atoms with Crippen molar-refractivity contribution >= 4 is 29.4 Å². The van der Waals surface area contributed by atoms with E-state index in [0.29, 0.717) is 0 Å². The number of aryl methyl sites for hydroxylation is 1. The van der Waals surface area contributed by atoms with Crippen LogP contribution in [0.4, 0.5) is 5.69 Å². The fourth-order valence-corrected chi connectivity index (χ4v) is 2.80. The summed E-state index contributed by atoms with van der Waals surface area (Å²) in [7, 11) is 1.96. The van der Waals surface area contributed by atoms with Crippen molar-refractivity contribution in [3.8, 4) is 0 Å². The summed E-state index contributed by atoms with van der Waals surface area (Å²) in [6.45, 7) is 0. The summed E-state index contributed by atoms with van der Waals surface area (Å²) in [5.41, 5.74) is 1.91. The zero-order chi connectivity index (χ0) is 12.5. The van der Waals surface area contributed by atoms with E-state index in [0.717, 1.165) is 21.2 Å². The van der Waals surface area contributed by atoms with Gasteiger partial charge in [-0.05, 0) is 30.3 Å². The average molecular weight is 256 g/mol. The van der Waals surface area contributed by atoms with Crippen molar-refractivity contribution in [3.05, 3.63) is 53.2 Å². The number of nitrogens with one attached hydrogen (secondary N) is 1. The van der Waals surface area contributed by atoms with Gasteiger partial charge >= 0.3 is 0 Å². The molecule has 0 fully saturated rings. The van der Waals surface area contributed by atoms with Crippen molar-refractivity contribution in [1.82, 2.24) is 4.57 Å². The second-order valence-electron chi connectivity index (χ2n) is 4.10. The molecule has 1 aliphatic heterocycles. The minimum Gasteiger partial charge on any atom is -0.351 e. The number of nitrogens with zero attached hydrogens (tertiary/aromatic N) is 1. The van der Waals surface area contributed by atoms with E-state index in [1.165, 1.54) is 11.8 Å². The molecule has 2 aromatic rings. The third-order valence-corrected chi connectivity index (χ3v) is 3.94. The molecule has 0 radical (unpaired) electrons. The number of carbonyl (C=O) groups excluding carboxylic acids is 1. The fraction of sp³-hybridized carbons (Fsp3) is 0.0714. The van der Waals surface area contributed by atoms with Gasteiger partial charge in [-0.2, -0.15) is 0 Å². The topological polar surface area (TPSA) is 34.0 Å². The summed E-state index contributed by atoms with van der Waals surface area (Å²) in [6.07, 6.45) is 3.88. The number of hydrogen-bond donors (Lipinski definition) is 1. The molecule has 4 heteroatoms. The van der Waals surface area contributed by atoms with Gasteiger partial charge in [0, 0.05) is 23.8 Å². The summed E-state index contributed by atoms with van der Waals surface area (Å²) in [6, 6.07) is 11.8. The molecule has 0 bridgehead atoms. The molecule has 1 amide bonds. The third kappa shape index (κ3) is 1.95. The number of amides is 1. The highest BCUT2D eigenvalue weighted by Gasteiger charge is 2.20. The first kappa shape index (κ1) is 11.2. The van der Waals surface area contributed by atoms with Crippen LogP contribution in [-0.4, -0.2) is 10.5 Å². The minimum atomic E-state index is -0.0418. The number of hydrogen-bond acceptors (Lipinski definition) is 2. The number of rotatable bonds is 1. The Morgan fingerprint density at radius 1 is 1.22 bits per heavy atom. The van der Waals surface area contributed by atoms with Crippen molar-refractivity contribution in [3.63, 3.8) is 0 Å². The molecule has 18 heavy (non-hydrogen) atoms. The predicted molar refractivity (Wildman–Crippen MR) is 74.3 cm³/mol. The van der Waals surface area contributed by atoms with E-state index in [-0.39, 0.29) is 5.91 Å². The minimum absolute atomic E-state index is 0.0418. The van der Waals surface area contributed by atoms with Gasteiger partial charge in [-0.1, -0.05) is 23.9 Å². The Bertz CT molecular complexity index is 643. The molecule has 1 aromatic carbocycles. The van der Waals surface area contributed by atoms with Crippen molar-refractivity contribution in [2.24, 2.45) is 7.05 Å². The van der Waals surface area contributed by atoms with Crippen molar-refractivity contribution in [1.29, 1.82) is 0 Å². The normalized spacial score (nSPS) is 16.5. The first-order valence-electron chi connectivity index (χ1n) is 5.65.